The molecule has 0 saturated heterocycles. The van der Waals surface area contributed by atoms with Crippen molar-refractivity contribution in [2.75, 3.05) is 6.26 Å². The van der Waals surface area contributed by atoms with Crippen molar-refractivity contribution in [1.29, 1.82) is 0 Å². The first-order valence-corrected chi connectivity index (χ1v) is 5.34. The molecule has 0 aromatic heterocycles. The van der Waals surface area contributed by atoms with Crippen molar-refractivity contribution >= 4 is 19.7 Å². The zero-order valence-electron chi connectivity index (χ0n) is 4.79. The Hall–Kier alpha value is 0.0400. The molecule has 0 radical (unpaired) electrons. The van der Waals surface area contributed by atoms with E-state index in [1.165, 1.54) is 17.7 Å². The van der Waals surface area contributed by atoms with Crippen LogP contribution in [0.5, 0.6) is 0 Å². The Bertz CT molecular complexity index is 166. The van der Waals surface area contributed by atoms with Crippen molar-refractivity contribution in [3.05, 3.63) is 11.5 Å². The van der Waals surface area contributed by atoms with E-state index in [0.717, 1.165) is 10.8 Å². The highest BCUT2D eigenvalue weighted by Gasteiger charge is 1.97. The van der Waals surface area contributed by atoms with E-state index >= 15 is 0 Å². The predicted molar refractivity (Wildman–Crippen MR) is 37.2 cm³/mol. The smallest absolute Gasteiger partial charge is 0.213 e. The number of hydrogen-bond donors (Lipinski definition) is 0. The highest BCUT2D eigenvalue weighted by atomic mass is 33.1. The fourth-order valence-corrected chi connectivity index (χ4v) is 1.33. The highest BCUT2D eigenvalue weighted by Crippen LogP contribution is 2.07. The van der Waals surface area contributed by atoms with Crippen LogP contribution in [0.2, 0.25) is 0 Å². The van der Waals surface area contributed by atoms with Crippen LogP contribution < -0.4 is 0 Å². The minimum atomic E-state index is -2.93. The zero-order chi connectivity index (χ0) is 6.62. The first-order valence-electron chi connectivity index (χ1n) is 2.05. The van der Waals surface area contributed by atoms with Crippen molar-refractivity contribution < 1.29 is 8.42 Å². The van der Waals surface area contributed by atoms with Crippen molar-refractivity contribution in [2.24, 2.45) is 0 Å². The van der Waals surface area contributed by atoms with Gasteiger partial charge < -0.3 is 0 Å². The second-order valence-corrected chi connectivity index (χ2v) is 5.11. The lowest BCUT2D eigenvalue weighted by molar-refractivity contribution is 0.618. The molecule has 0 atom stereocenters. The fraction of sp³-hybridized carbons (Fsp3) is 0.500. The molecule has 0 N–H and O–H groups in total. The van der Waals surface area contributed by atoms with Crippen LogP contribution in [0.15, 0.2) is 11.5 Å². The topological polar surface area (TPSA) is 34.1 Å². The Kier molecular flexibility index (Phi) is 3.16. The Morgan fingerprint density at radius 1 is 1.50 bits per heavy atom. The third-order valence-electron chi connectivity index (χ3n) is 0.535. The minimum Gasteiger partial charge on any atom is -0.213 e. The molecule has 0 aliphatic heterocycles. The molecule has 48 valence electrons. The van der Waals surface area contributed by atoms with E-state index in [1.807, 2.05) is 0 Å². The van der Waals surface area contributed by atoms with Gasteiger partial charge in [-0.1, -0.05) is 6.08 Å². The highest BCUT2D eigenvalue weighted by molar-refractivity contribution is 8.72. The first kappa shape index (κ1) is 8.04. The van der Waals surface area contributed by atoms with E-state index in [4.69, 9.17) is 0 Å². The molecule has 2 nitrogen and oxygen atoms in total. The lowest BCUT2D eigenvalue weighted by Crippen LogP contribution is -1.82. The van der Waals surface area contributed by atoms with E-state index in [1.54, 1.807) is 6.92 Å². The van der Waals surface area contributed by atoms with Crippen molar-refractivity contribution in [2.45, 2.75) is 6.92 Å². The van der Waals surface area contributed by atoms with E-state index in [0.29, 0.717) is 0 Å². The van der Waals surface area contributed by atoms with Gasteiger partial charge in [-0.25, -0.2) is 8.42 Å². The lowest BCUT2D eigenvalue weighted by atomic mass is 10.8. The van der Waals surface area contributed by atoms with Crippen molar-refractivity contribution in [3.8, 4) is 0 Å². The second-order valence-electron chi connectivity index (χ2n) is 1.13. The van der Waals surface area contributed by atoms with Crippen LogP contribution >= 0.6 is 10.8 Å². The standard InChI is InChI=1S/C4H8O2S2/c1-3-4-8(5,6)7-2/h3-4H,1-2H3/b4-3+. The zero-order valence-corrected chi connectivity index (χ0v) is 6.42. The van der Waals surface area contributed by atoms with Gasteiger partial charge in [0.2, 0.25) is 8.87 Å². The summed E-state index contributed by atoms with van der Waals surface area (Å²) in [6.45, 7) is 1.67. The van der Waals surface area contributed by atoms with Crippen LogP contribution in [0.4, 0.5) is 0 Å². The maximum absolute atomic E-state index is 10.5. The summed E-state index contributed by atoms with van der Waals surface area (Å²) in [6, 6.07) is 0. The van der Waals surface area contributed by atoms with Gasteiger partial charge in [0.1, 0.15) is 0 Å². The van der Waals surface area contributed by atoms with E-state index < -0.39 is 8.87 Å². The summed E-state index contributed by atoms with van der Waals surface area (Å²) in [7, 11) is -2.10. The van der Waals surface area contributed by atoms with Crippen LogP contribution in [0.3, 0.4) is 0 Å². The van der Waals surface area contributed by atoms with Gasteiger partial charge in [-0.05, 0) is 24.0 Å². The van der Waals surface area contributed by atoms with Crippen LogP contribution in [0, 0.1) is 0 Å². The van der Waals surface area contributed by atoms with Crippen molar-refractivity contribution in [1.82, 2.24) is 0 Å². The molecule has 0 spiro atoms. The van der Waals surface area contributed by atoms with Gasteiger partial charge in [0, 0.05) is 5.41 Å². The van der Waals surface area contributed by atoms with E-state index in [2.05, 4.69) is 0 Å². The summed E-state index contributed by atoms with van der Waals surface area (Å²) >= 11 is 0. The van der Waals surface area contributed by atoms with Crippen LogP contribution in [-0.4, -0.2) is 14.7 Å². The van der Waals surface area contributed by atoms with Gasteiger partial charge in [0.25, 0.3) is 0 Å². The fourth-order valence-electron chi connectivity index (χ4n) is 0.222. The Morgan fingerprint density at radius 3 is 2.12 bits per heavy atom. The monoisotopic (exact) mass is 152 g/mol. The molecule has 0 bridgehead atoms. The molecular weight excluding hydrogens is 144 g/mol. The average Bonchev–Trinajstić information content (AvgIpc) is 1.67. The summed E-state index contributed by atoms with van der Waals surface area (Å²) in [5.41, 5.74) is 0. The molecule has 0 saturated carbocycles. The van der Waals surface area contributed by atoms with Gasteiger partial charge in [0.15, 0.2) is 0 Å². The summed E-state index contributed by atoms with van der Waals surface area (Å²) < 4.78 is 21.0. The van der Waals surface area contributed by atoms with Gasteiger partial charge in [-0.15, -0.1) is 0 Å². The number of hydrogen-bond acceptors (Lipinski definition) is 3. The third-order valence-corrected chi connectivity index (χ3v) is 3.33. The maximum Gasteiger partial charge on any atom is 0.222 e. The largest absolute Gasteiger partial charge is 0.222 e. The molecule has 0 heterocycles. The van der Waals surface area contributed by atoms with Crippen molar-refractivity contribution in [3.63, 3.8) is 0 Å². The van der Waals surface area contributed by atoms with Crippen LogP contribution in [-0.2, 0) is 8.87 Å². The van der Waals surface area contributed by atoms with Crippen LogP contribution in [0.25, 0.3) is 0 Å². The maximum atomic E-state index is 10.5. The minimum absolute atomic E-state index is 0.837. The molecule has 0 fully saturated rings. The number of rotatable bonds is 2. The molecule has 0 rings (SSSR count). The van der Waals surface area contributed by atoms with E-state index in [-0.39, 0.29) is 0 Å². The first-order chi connectivity index (χ1) is 3.62. The summed E-state index contributed by atoms with van der Waals surface area (Å²) in [5, 5.41) is 1.18. The molecule has 0 aliphatic carbocycles. The predicted octanol–water partition coefficient (Wildman–Crippen LogP) is 1.21. The molecule has 4 heteroatoms. The molecule has 0 aromatic rings. The van der Waals surface area contributed by atoms with Gasteiger partial charge in [-0.2, -0.15) is 0 Å². The molecule has 0 aromatic carbocycles. The summed E-state index contributed by atoms with van der Waals surface area (Å²) in [4.78, 5) is 0. The molecular formula is C4H8O2S2. The molecule has 0 unspecified atom stereocenters. The third kappa shape index (κ3) is 3.10. The lowest BCUT2D eigenvalue weighted by Gasteiger charge is -1.85. The van der Waals surface area contributed by atoms with Gasteiger partial charge in [0.05, 0.1) is 0 Å². The van der Waals surface area contributed by atoms with Gasteiger partial charge in [-0.3, -0.25) is 0 Å². The molecule has 0 amide bonds. The molecule has 8 heavy (non-hydrogen) atoms. The SMILES string of the molecule is C/C=C/S(=O)(=O)SC. The summed E-state index contributed by atoms with van der Waals surface area (Å²) in [5.74, 6) is 0. The Labute approximate surface area is 53.3 Å². The van der Waals surface area contributed by atoms with E-state index in [9.17, 15) is 8.42 Å². The Morgan fingerprint density at radius 2 is 2.00 bits per heavy atom. The second kappa shape index (κ2) is 3.14. The average molecular weight is 152 g/mol. The van der Waals surface area contributed by atoms with Gasteiger partial charge >= 0.3 is 0 Å². The number of allylic oxidation sites excluding steroid dienone is 1. The molecule has 0 aliphatic rings. The quantitative estimate of drug-likeness (QED) is 0.558. The van der Waals surface area contributed by atoms with Crippen LogP contribution in [0.1, 0.15) is 6.92 Å². The normalized spacial score (nSPS) is 12.8. The summed E-state index contributed by atoms with van der Waals surface area (Å²) in [6.07, 6.45) is 3.04. The Balaban J connectivity index is 4.17.